The summed E-state index contributed by atoms with van der Waals surface area (Å²) >= 11 is 1.15. The van der Waals surface area contributed by atoms with Gasteiger partial charge in [-0.25, -0.2) is 9.79 Å². The molecule has 4 aromatic rings. The van der Waals surface area contributed by atoms with Crippen LogP contribution in [0.5, 0.6) is 5.75 Å². The number of carbonyl (C=O) groups is 2. The maximum absolute atomic E-state index is 14.3. The Kier molecular flexibility index (Phi) is 6.88. The molecule has 2 aliphatic rings. The molecule has 3 aromatic carbocycles. The molecule has 3 heterocycles. The molecule has 0 N–H and O–H groups in total. The van der Waals surface area contributed by atoms with E-state index in [-0.39, 0.29) is 22.6 Å². The van der Waals surface area contributed by atoms with Crippen molar-refractivity contribution in [1.29, 1.82) is 0 Å². The number of aromatic nitrogens is 1. The fourth-order valence-electron chi connectivity index (χ4n) is 5.45. The van der Waals surface area contributed by atoms with E-state index in [2.05, 4.69) is 4.99 Å². The van der Waals surface area contributed by atoms with Crippen LogP contribution in [0.3, 0.4) is 0 Å². The smallest absolute Gasteiger partial charge is 0.338 e. The van der Waals surface area contributed by atoms with Gasteiger partial charge in [0, 0.05) is 11.1 Å². The molecule has 8 nitrogen and oxygen atoms in total. The standard InChI is InChI=1S/C32H27N3O5S/c1-4-40-31(38)25-19(2)33-32-35(27(25)22-15-9-11-17-24(22)39-3)30(37)28(41-32)26-21-14-8-10-16-23(21)34(29(26)36)18-20-12-6-5-7-13-20/h5-17,27H,4,18H2,1-3H3/b28-26-/t27-/m0/s1. The molecule has 1 atom stereocenters. The fourth-order valence-corrected chi connectivity index (χ4v) is 6.59. The molecule has 0 spiro atoms. The van der Waals surface area contributed by atoms with Gasteiger partial charge in [-0.2, -0.15) is 0 Å². The van der Waals surface area contributed by atoms with Crippen LogP contribution in [0.4, 0.5) is 5.69 Å². The van der Waals surface area contributed by atoms with Gasteiger partial charge in [-0.1, -0.05) is 78.1 Å². The van der Waals surface area contributed by atoms with Crippen molar-refractivity contribution in [2.45, 2.75) is 26.4 Å². The molecule has 2 aliphatic heterocycles. The first kappa shape index (κ1) is 26.5. The van der Waals surface area contributed by atoms with Gasteiger partial charge in [0.2, 0.25) is 0 Å². The van der Waals surface area contributed by atoms with Gasteiger partial charge < -0.3 is 14.4 Å². The number of amides is 1. The summed E-state index contributed by atoms with van der Waals surface area (Å²) in [5.41, 5.74) is 3.65. The summed E-state index contributed by atoms with van der Waals surface area (Å²) in [6.45, 7) is 4.00. The van der Waals surface area contributed by atoms with Crippen molar-refractivity contribution in [2.24, 2.45) is 4.99 Å². The number of carbonyl (C=O) groups excluding carboxylic acids is 2. The molecule has 9 heteroatoms. The van der Waals surface area contributed by atoms with E-state index >= 15 is 0 Å². The van der Waals surface area contributed by atoms with E-state index in [4.69, 9.17) is 9.47 Å². The number of esters is 1. The highest BCUT2D eigenvalue weighted by Crippen LogP contribution is 2.38. The number of ether oxygens (including phenoxy) is 2. The first-order chi connectivity index (χ1) is 19.9. The average Bonchev–Trinajstić information content (AvgIpc) is 3.45. The predicted molar refractivity (Wildman–Crippen MR) is 156 cm³/mol. The summed E-state index contributed by atoms with van der Waals surface area (Å²) in [6.07, 6.45) is 0. The number of thiazole rings is 1. The predicted octanol–water partition coefficient (Wildman–Crippen LogP) is 3.72. The maximum Gasteiger partial charge on any atom is 0.338 e. The number of rotatable bonds is 6. The number of hydrogen-bond donors (Lipinski definition) is 0. The second kappa shape index (κ2) is 10.7. The van der Waals surface area contributed by atoms with E-state index in [9.17, 15) is 14.4 Å². The van der Waals surface area contributed by atoms with Gasteiger partial charge in [-0.3, -0.25) is 14.2 Å². The largest absolute Gasteiger partial charge is 0.496 e. The molecule has 1 aromatic heterocycles. The third-order valence-corrected chi connectivity index (χ3v) is 8.31. The highest BCUT2D eigenvalue weighted by atomic mass is 32.1. The monoisotopic (exact) mass is 565 g/mol. The van der Waals surface area contributed by atoms with Gasteiger partial charge >= 0.3 is 5.97 Å². The Labute approximate surface area is 240 Å². The third kappa shape index (κ3) is 4.38. The molecular weight excluding hydrogens is 538 g/mol. The number of methoxy groups -OCH3 is 1. The third-order valence-electron chi connectivity index (χ3n) is 7.26. The summed E-state index contributed by atoms with van der Waals surface area (Å²) in [6, 6.07) is 23.6. The Morgan fingerprint density at radius 2 is 1.68 bits per heavy atom. The maximum atomic E-state index is 14.3. The van der Waals surface area contributed by atoms with Crippen LogP contribution in [0.15, 0.2) is 99.9 Å². The fraction of sp³-hybridized carbons (Fsp3) is 0.188. The molecule has 0 radical (unpaired) electrons. The zero-order valence-corrected chi connectivity index (χ0v) is 23.6. The minimum absolute atomic E-state index is 0.172. The van der Waals surface area contributed by atoms with Crippen LogP contribution in [0.2, 0.25) is 0 Å². The number of nitrogens with zero attached hydrogens (tertiary/aromatic N) is 3. The van der Waals surface area contributed by atoms with E-state index in [1.165, 1.54) is 4.57 Å². The number of anilines is 1. The lowest BCUT2D eigenvalue weighted by Crippen LogP contribution is -2.41. The Morgan fingerprint density at radius 1 is 0.976 bits per heavy atom. The van der Waals surface area contributed by atoms with E-state index in [0.717, 1.165) is 22.6 Å². The lowest BCUT2D eigenvalue weighted by molar-refractivity contribution is -0.139. The molecule has 0 fully saturated rings. The van der Waals surface area contributed by atoms with Crippen molar-refractivity contribution in [2.75, 3.05) is 18.6 Å². The van der Waals surface area contributed by atoms with E-state index in [1.807, 2.05) is 72.8 Å². The minimum Gasteiger partial charge on any atom is -0.496 e. The first-order valence-corrected chi connectivity index (χ1v) is 14.1. The van der Waals surface area contributed by atoms with E-state index in [1.54, 1.807) is 31.9 Å². The molecule has 6 rings (SSSR count). The van der Waals surface area contributed by atoms with Crippen LogP contribution in [-0.2, 0) is 20.9 Å². The van der Waals surface area contributed by atoms with Gasteiger partial charge in [-0.15, -0.1) is 0 Å². The second-order valence-electron chi connectivity index (χ2n) is 9.63. The van der Waals surface area contributed by atoms with Crippen molar-refractivity contribution in [3.8, 4) is 5.75 Å². The summed E-state index contributed by atoms with van der Waals surface area (Å²) in [5, 5.41) is 0. The molecule has 0 aliphatic carbocycles. The van der Waals surface area contributed by atoms with Crippen LogP contribution in [0.25, 0.3) is 5.57 Å². The molecule has 1 amide bonds. The lowest BCUT2D eigenvalue weighted by Gasteiger charge is -2.25. The van der Waals surface area contributed by atoms with Crippen molar-refractivity contribution in [3.05, 3.63) is 127 Å². The normalized spacial score (nSPS) is 17.2. The number of benzene rings is 3. The van der Waals surface area contributed by atoms with Gasteiger partial charge in [0.25, 0.3) is 11.5 Å². The molecule has 0 saturated heterocycles. The Hall–Kier alpha value is -4.76. The summed E-state index contributed by atoms with van der Waals surface area (Å²) in [5.74, 6) is -0.294. The topological polar surface area (TPSA) is 90.2 Å². The molecular formula is C32H27N3O5S. The number of hydrogen-bond acceptors (Lipinski definition) is 7. The Balaban J connectivity index is 1.60. The summed E-state index contributed by atoms with van der Waals surface area (Å²) < 4.78 is 12.8. The molecule has 0 saturated carbocycles. The van der Waals surface area contributed by atoms with Crippen molar-refractivity contribution in [3.63, 3.8) is 0 Å². The van der Waals surface area contributed by atoms with Gasteiger partial charge in [0.05, 0.1) is 42.8 Å². The lowest BCUT2D eigenvalue weighted by atomic mass is 9.95. The molecule has 0 unspecified atom stereocenters. The van der Waals surface area contributed by atoms with Gasteiger partial charge in [0.15, 0.2) is 4.80 Å². The summed E-state index contributed by atoms with van der Waals surface area (Å²) in [7, 11) is 1.54. The van der Waals surface area contributed by atoms with Crippen molar-refractivity contribution < 1.29 is 19.1 Å². The van der Waals surface area contributed by atoms with Crippen molar-refractivity contribution >= 4 is 34.5 Å². The summed E-state index contributed by atoms with van der Waals surface area (Å²) in [4.78, 5) is 48.4. The zero-order valence-electron chi connectivity index (χ0n) is 22.8. The first-order valence-electron chi connectivity index (χ1n) is 13.2. The number of fused-ring (bicyclic) bond motifs is 2. The number of allylic oxidation sites excluding steroid dienone is 1. The zero-order chi connectivity index (χ0) is 28.7. The molecule has 0 bridgehead atoms. The Bertz CT molecular complexity index is 1910. The van der Waals surface area contributed by atoms with Crippen molar-refractivity contribution in [1.82, 2.24) is 4.57 Å². The highest BCUT2D eigenvalue weighted by molar-refractivity contribution is 7.07. The van der Waals surface area contributed by atoms with Crippen LogP contribution in [-0.4, -0.2) is 30.2 Å². The van der Waals surface area contributed by atoms with Crippen LogP contribution >= 0.6 is 11.3 Å². The second-order valence-corrected chi connectivity index (χ2v) is 10.6. The van der Waals surface area contributed by atoms with Crippen LogP contribution in [0.1, 0.15) is 36.6 Å². The average molecular weight is 566 g/mol. The van der Waals surface area contributed by atoms with Crippen LogP contribution in [0, 0.1) is 0 Å². The minimum atomic E-state index is -0.844. The van der Waals surface area contributed by atoms with Gasteiger partial charge in [-0.05, 0) is 31.5 Å². The SMILES string of the molecule is CCOC(=O)C1=C(C)N=c2s/c(=C3\C(=O)N(Cc4ccccc4)c4ccccc43)c(=O)n2[C@H]1c1ccccc1OC. The van der Waals surface area contributed by atoms with Gasteiger partial charge in [0.1, 0.15) is 16.3 Å². The molecule has 206 valence electrons. The quantitative estimate of drug-likeness (QED) is 0.333. The van der Waals surface area contributed by atoms with E-state index < -0.39 is 17.6 Å². The van der Waals surface area contributed by atoms with Crippen LogP contribution < -0.4 is 24.5 Å². The Morgan fingerprint density at radius 3 is 2.44 bits per heavy atom. The van der Waals surface area contributed by atoms with E-state index in [0.29, 0.717) is 39.5 Å². The molecule has 41 heavy (non-hydrogen) atoms. The highest BCUT2D eigenvalue weighted by Gasteiger charge is 2.38. The number of para-hydroxylation sites is 2.